The van der Waals surface area contributed by atoms with Crippen molar-refractivity contribution in [3.63, 3.8) is 0 Å². The standard InChI is InChI=1S/C46H75NO14/c1-20-7-10-30-21(2)33-31(47(30)18-20)17-29-27-9-8-24-15-26(11-13-44(24,5)28(27)12-14-45(29,33)6)59-32-16-25(19-48)46(56,61-43-39(54)37(52)35(50)23(4)58-43)41(55)40(32)60-42-38(53)36(51)34(49)22(3)57-42/h8,20-23,25-43,48-56H,7,9-19H2,1-6H3/t20-,21?,22?,23?,25?,26?,27?,28?,29?,30?,31?,32?,33?,34?,35?,36?,37?,38?,39?,40?,41?,42?,43?,44-,45-,46?/m0/s1. The highest BCUT2D eigenvalue weighted by Crippen LogP contribution is 2.70. The number of nitrogens with zero attached hydrogens (tertiary/aromatic N) is 1. The fraction of sp³-hybridized carbons (Fsp3) is 0.957. The van der Waals surface area contributed by atoms with Crippen molar-refractivity contribution in [3.8, 4) is 0 Å². The topological polar surface area (TPSA) is 231 Å². The summed E-state index contributed by atoms with van der Waals surface area (Å²) >= 11 is 0. The van der Waals surface area contributed by atoms with E-state index >= 15 is 0 Å². The molecular weight excluding hydrogens is 790 g/mol. The van der Waals surface area contributed by atoms with Crippen molar-refractivity contribution in [2.24, 2.45) is 52.3 Å². The van der Waals surface area contributed by atoms with Gasteiger partial charge in [0.15, 0.2) is 12.6 Å². The second-order valence-corrected chi connectivity index (χ2v) is 21.9. The van der Waals surface area contributed by atoms with E-state index in [9.17, 15) is 46.0 Å². The number of piperidine rings is 1. The summed E-state index contributed by atoms with van der Waals surface area (Å²) in [6, 6.07) is 1.44. The average molecular weight is 866 g/mol. The third-order valence-electron chi connectivity index (χ3n) is 18.7. The lowest BCUT2D eigenvalue weighted by molar-refractivity contribution is -0.418. The van der Waals surface area contributed by atoms with Crippen LogP contribution in [0.3, 0.4) is 0 Å². The van der Waals surface area contributed by atoms with Gasteiger partial charge in [-0.15, -0.1) is 0 Å². The molecule has 0 radical (unpaired) electrons. The molecule has 15 heteroatoms. The molecule has 8 fully saturated rings. The summed E-state index contributed by atoms with van der Waals surface area (Å²) < 4.78 is 30.4. The zero-order valence-corrected chi connectivity index (χ0v) is 36.9. The molecule has 26 atom stereocenters. The summed E-state index contributed by atoms with van der Waals surface area (Å²) in [5.41, 5.74) is 1.79. The van der Waals surface area contributed by atoms with Gasteiger partial charge in [0.2, 0.25) is 5.79 Å². The third kappa shape index (κ3) is 7.17. The van der Waals surface area contributed by atoms with Gasteiger partial charge < -0.3 is 69.6 Å². The predicted molar refractivity (Wildman–Crippen MR) is 218 cm³/mol. The van der Waals surface area contributed by atoms with Crippen molar-refractivity contribution in [2.75, 3.05) is 13.2 Å². The van der Waals surface area contributed by atoms with Crippen molar-refractivity contribution in [2.45, 2.75) is 209 Å². The van der Waals surface area contributed by atoms with Crippen LogP contribution < -0.4 is 0 Å². The lowest BCUT2D eigenvalue weighted by Crippen LogP contribution is -2.70. The Kier molecular flexibility index (Phi) is 12.2. The van der Waals surface area contributed by atoms with E-state index in [2.05, 4.69) is 38.7 Å². The highest BCUT2D eigenvalue weighted by Gasteiger charge is 2.67. The zero-order chi connectivity index (χ0) is 43.7. The molecule has 61 heavy (non-hydrogen) atoms. The van der Waals surface area contributed by atoms with E-state index in [1.807, 2.05) is 0 Å². The predicted octanol–water partition coefficient (Wildman–Crippen LogP) is 1.17. The van der Waals surface area contributed by atoms with E-state index in [0.29, 0.717) is 35.6 Å². The maximum absolute atomic E-state index is 12.2. The first kappa shape index (κ1) is 45.3. The molecule has 0 aromatic rings. The lowest BCUT2D eigenvalue weighted by Gasteiger charge is -2.59. The van der Waals surface area contributed by atoms with Gasteiger partial charge >= 0.3 is 0 Å². The molecule has 0 aromatic carbocycles. The first-order chi connectivity index (χ1) is 28.8. The van der Waals surface area contributed by atoms with Gasteiger partial charge in [0, 0.05) is 24.5 Å². The molecule has 9 rings (SSSR count). The molecule has 0 amide bonds. The fourth-order valence-corrected chi connectivity index (χ4v) is 15.2. The largest absolute Gasteiger partial charge is 0.396 e. The number of ether oxygens (including phenoxy) is 5. The summed E-state index contributed by atoms with van der Waals surface area (Å²) in [7, 11) is 0. The molecule has 4 saturated heterocycles. The molecule has 348 valence electrons. The van der Waals surface area contributed by atoms with Crippen LogP contribution in [0.25, 0.3) is 0 Å². The van der Waals surface area contributed by atoms with Gasteiger partial charge in [-0.2, -0.15) is 0 Å². The van der Waals surface area contributed by atoms with E-state index in [1.54, 1.807) is 0 Å². The van der Waals surface area contributed by atoms with Crippen LogP contribution in [-0.2, 0) is 23.7 Å². The minimum Gasteiger partial charge on any atom is -0.396 e. The Balaban J connectivity index is 0.942. The minimum absolute atomic E-state index is 0.0303. The van der Waals surface area contributed by atoms with Crippen LogP contribution >= 0.6 is 0 Å². The Morgan fingerprint density at radius 2 is 1.43 bits per heavy atom. The van der Waals surface area contributed by atoms with Crippen LogP contribution in [0.5, 0.6) is 0 Å². The molecule has 4 aliphatic heterocycles. The Labute approximate surface area is 360 Å². The number of allylic oxidation sites excluding steroid dienone is 1. The summed E-state index contributed by atoms with van der Waals surface area (Å²) in [5, 5.41) is 98.5. The summed E-state index contributed by atoms with van der Waals surface area (Å²) in [4.78, 5) is 2.94. The number of hydrogen-bond acceptors (Lipinski definition) is 15. The SMILES string of the molecule is CC1OC(OC2C(OC3CC[C@@]4(C)C(=CCC5C6CC7C(C(C)C8CC[C@H](C)CN87)[C@@]6(C)CCC54)C3)CC(CO)C(O)(OC3OC(C)C(O)C(O)C3O)C2O)C(O)C(O)C1O. The van der Waals surface area contributed by atoms with Crippen molar-refractivity contribution >= 4 is 0 Å². The molecule has 5 aliphatic carbocycles. The first-order valence-corrected chi connectivity index (χ1v) is 23.7. The number of rotatable bonds is 7. The fourth-order valence-electron chi connectivity index (χ4n) is 15.2. The molecule has 9 N–H and O–H groups in total. The molecular formula is C46H75NO14. The highest BCUT2D eigenvalue weighted by molar-refractivity contribution is 5.27. The smallest absolute Gasteiger partial charge is 0.202 e. The number of hydrogen-bond donors (Lipinski definition) is 9. The van der Waals surface area contributed by atoms with Crippen LogP contribution in [0.4, 0.5) is 0 Å². The normalized spacial score (nSPS) is 58.5. The van der Waals surface area contributed by atoms with Gasteiger partial charge in [0.25, 0.3) is 0 Å². The third-order valence-corrected chi connectivity index (χ3v) is 18.7. The summed E-state index contributed by atoms with van der Waals surface area (Å²) in [6.45, 7) is 13.6. The van der Waals surface area contributed by atoms with Crippen LogP contribution in [0.1, 0.15) is 106 Å². The highest BCUT2D eigenvalue weighted by atomic mass is 16.8. The van der Waals surface area contributed by atoms with Crippen LogP contribution in [0, 0.1) is 52.3 Å². The monoisotopic (exact) mass is 866 g/mol. The molecule has 0 aromatic heterocycles. The van der Waals surface area contributed by atoms with Crippen LogP contribution in [-0.4, -0.2) is 168 Å². The number of aliphatic hydroxyl groups excluding tert-OH is 8. The molecule has 4 saturated carbocycles. The Bertz CT molecular complexity index is 1620. The molecule has 4 heterocycles. The van der Waals surface area contributed by atoms with Gasteiger partial charge in [-0.05, 0) is 124 Å². The van der Waals surface area contributed by atoms with Crippen molar-refractivity contribution in [1.82, 2.24) is 4.90 Å². The quantitative estimate of drug-likeness (QED) is 0.129. The summed E-state index contributed by atoms with van der Waals surface area (Å²) in [5.74, 6) is 0.366. The van der Waals surface area contributed by atoms with Gasteiger partial charge in [-0.25, -0.2) is 0 Å². The van der Waals surface area contributed by atoms with Crippen molar-refractivity contribution < 1.29 is 69.6 Å². The zero-order valence-electron chi connectivity index (χ0n) is 36.9. The van der Waals surface area contributed by atoms with E-state index in [0.717, 1.165) is 43.1 Å². The maximum Gasteiger partial charge on any atom is 0.202 e. The van der Waals surface area contributed by atoms with E-state index in [1.165, 1.54) is 58.1 Å². The van der Waals surface area contributed by atoms with E-state index < -0.39 is 98.0 Å². The lowest BCUT2D eigenvalue weighted by atomic mass is 9.47. The molecule has 0 bridgehead atoms. The number of fused-ring (bicyclic) bond motifs is 9. The van der Waals surface area contributed by atoms with Crippen molar-refractivity contribution in [1.29, 1.82) is 0 Å². The molecule has 15 nitrogen and oxygen atoms in total. The maximum atomic E-state index is 12.2. The average Bonchev–Trinajstić information content (AvgIpc) is 3.70. The van der Waals surface area contributed by atoms with E-state index in [-0.39, 0.29) is 17.9 Å². The van der Waals surface area contributed by atoms with Gasteiger partial charge in [-0.3, -0.25) is 4.90 Å². The van der Waals surface area contributed by atoms with Crippen molar-refractivity contribution in [3.05, 3.63) is 11.6 Å². The van der Waals surface area contributed by atoms with Crippen LogP contribution in [0.2, 0.25) is 0 Å². The van der Waals surface area contributed by atoms with Gasteiger partial charge in [0.05, 0.1) is 31.0 Å². The Morgan fingerprint density at radius 3 is 2.11 bits per heavy atom. The first-order valence-electron chi connectivity index (χ1n) is 23.7. The Morgan fingerprint density at radius 1 is 0.754 bits per heavy atom. The van der Waals surface area contributed by atoms with Crippen LogP contribution in [0.15, 0.2) is 11.6 Å². The molecule has 23 unspecified atom stereocenters. The molecule has 0 spiro atoms. The van der Waals surface area contributed by atoms with E-state index in [4.69, 9.17) is 23.7 Å². The summed E-state index contributed by atoms with van der Waals surface area (Å²) in [6.07, 6.45) is -7.45. The molecule has 9 aliphatic rings. The number of aliphatic hydroxyl groups is 9. The minimum atomic E-state index is -2.65. The Hall–Kier alpha value is -0.860. The van der Waals surface area contributed by atoms with Gasteiger partial charge in [-0.1, -0.05) is 39.3 Å². The van der Waals surface area contributed by atoms with Gasteiger partial charge in [0.1, 0.15) is 48.8 Å². The second-order valence-electron chi connectivity index (χ2n) is 21.9. The second kappa shape index (κ2) is 16.5.